The summed E-state index contributed by atoms with van der Waals surface area (Å²) in [4.78, 5) is 0. The number of ether oxygens (including phenoxy) is 1. The minimum atomic E-state index is 0.914. The molecule has 1 aliphatic heterocycles. The van der Waals surface area contributed by atoms with Crippen molar-refractivity contribution in [3.63, 3.8) is 0 Å². The number of fused-ring (bicyclic) bond motifs is 7. The number of aromatic nitrogens is 1. The number of hydrogen-bond donors (Lipinski definition) is 0. The largest absolute Gasteiger partial charge is 0.456 e. The van der Waals surface area contributed by atoms with Crippen LogP contribution in [-0.2, 0) is 0 Å². The molecule has 0 unspecified atom stereocenters. The second kappa shape index (κ2) is 9.69. The van der Waals surface area contributed by atoms with Crippen molar-refractivity contribution in [2.45, 2.75) is 0 Å². The molecule has 2 heterocycles. The molecular weight excluding hydrogens is 558 g/mol. The average molecular weight is 586 g/mol. The van der Waals surface area contributed by atoms with Gasteiger partial charge in [-0.05, 0) is 75.0 Å². The van der Waals surface area contributed by atoms with Crippen molar-refractivity contribution in [2.75, 3.05) is 0 Å². The Labute approximate surface area is 266 Å². The normalized spacial score (nSPS) is 12.1. The van der Waals surface area contributed by atoms with Crippen LogP contribution >= 0.6 is 0 Å². The fourth-order valence-electron chi connectivity index (χ4n) is 7.49. The molecule has 0 atom stereocenters. The number of benzene rings is 8. The van der Waals surface area contributed by atoms with E-state index in [0.717, 1.165) is 17.1 Å². The monoisotopic (exact) mass is 585 g/mol. The maximum atomic E-state index is 6.33. The first-order valence-electron chi connectivity index (χ1n) is 15.8. The fourth-order valence-corrected chi connectivity index (χ4v) is 7.49. The molecule has 0 aliphatic carbocycles. The van der Waals surface area contributed by atoms with Crippen molar-refractivity contribution in [1.29, 1.82) is 0 Å². The summed E-state index contributed by atoms with van der Waals surface area (Å²) >= 11 is 0. The van der Waals surface area contributed by atoms with Crippen LogP contribution in [0.2, 0.25) is 0 Å². The zero-order valence-electron chi connectivity index (χ0n) is 24.9. The van der Waals surface area contributed by atoms with Gasteiger partial charge < -0.3 is 9.30 Å². The molecule has 214 valence electrons. The Bertz CT molecular complexity index is 2650. The number of rotatable bonds is 3. The highest BCUT2D eigenvalue weighted by molar-refractivity contribution is 6.19. The van der Waals surface area contributed by atoms with E-state index >= 15 is 0 Å². The van der Waals surface area contributed by atoms with Gasteiger partial charge in [0.15, 0.2) is 0 Å². The first-order valence-corrected chi connectivity index (χ1v) is 15.8. The Morgan fingerprint density at radius 2 is 1.11 bits per heavy atom. The SMILES string of the molecule is c1ccc(-n2c3ccccc3c3ccc4cc(-c5ccc(-c6ccc7c8c(cccc68)-c6ccccc6O7)cc5)ccc4c32)cc1. The molecule has 46 heavy (non-hydrogen) atoms. The molecule has 0 saturated heterocycles. The smallest absolute Gasteiger partial charge is 0.135 e. The van der Waals surface area contributed by atoms with Crippen molar-refractivity contribution >= 4 is 43.4 Å². The average Bonchev–Trinajstić information content (AvgIpc) is 3.47. The molecule has 9 aromatic rings. The van der Waals surface area contributed by atoms with Gasteiger partial charge in [-0.1, -0.05) is 127 Å². The summed E-state index contributed by atoms with van der Waals surface area (Å²) in [5, 5.41) is 7.43. The highest BCUT2D eigenvalue weighted by atomic mass is 16.5. The summed E-state index contributed by atoms with van der Waals surface area (Å²) in [6.07, 6.45) is 0. The lowest BCUT2D eigenvalue weighted by atomic mass is 9.90. The number of para-hydroxylation sites is 3. The van der Waals surface area contributed by atoms with Crippen LogP contribution in [0.1, 0.15) is 0 Å². The summed E-state index contributed by atoms with van der Waals surface area (Å²) in [6.45, 7) is 0. The molecule has 2 nitrogen and oxygen atoms in total. The van der Waals surface area contributed by atoms with E-state index in [9.17, 15) is 0 Å². The molecule has 0 bridgehead atoms. The maximum absolute atomic E-state index is 6.33. The van der Waals surface area contributed by atoms with E-state index in [1.54, 1.807) is 0 Å². The van der Waals surface area contributed by atoms with Crippen LogP contribution in [0.25, 0.3) is 82.4 Å². The zero-order chi connectivity index (χ0) is 30.2. The Hall–Kier alpha value is -6.12. The first-order chi connectivity index (χ1) is 22.8. The second-order valence-electron chi connectivity index (χ2n) is 12.1. The predicted octanol–water partition coefficient (Wildman–Crippen LogP) is 12.2. The van der Waals surface area contributed by atoms with E-state index < -0.39 is 0 Å². The quantitative estimate of drug-likeness (QED) is 0.201. The van der Waals surface area contributed by atoms with Crippen molar-refractivity contribution in [3.8, 4) is 50.6 Å². The van der Waals surface area contributed by atoms with E-state index in [4.69, 9.17) is 4.74 Å². The third-order valence-corrected chi connectivity index (χ3v) is 9.59. The standard InChI is InChI=1S/C44H27NO/c1-2-9-32(10-3-1)45-40-15-6-4-11-35(40)39-24-22-31-27-30(21-23-34(31)44(39)45)28-17-19-29(20-18-28)33-25-26-42-43-37(33)13-8-14-38(43)36-12-5-7-16-41(36)46-42/h1-27H. The van der Waals surface area contributed by atoms with Crippen LogP contribution in [0.15, 0.2) is 164 Å². The van der Waals surface area contributed by atoms with Crippen LogP contribution < -0.4 is 4.74 Å². The minimum Gasteiger partial charge on any atom is -0.456 e. The molecule has 0 spiro atoms. The van der Waals surface area contributed by atoms with Gasteiger partial charge in [-0.2, -0.15) is 0 Å². The molecule has 0 amide bonds. The zero-order valence-corrected chi connectivity index (χ0v) is 24.9. The van der Waals surface area contributed by atoms with Gasteiger partial charge in [0.1, 0.15) is 11.5 Å². The van der Waals surface area contributed by atoms with Crippen LogP contribution in [0.5, 0.6) is 11.5 Å². The van der Waals surface area contributed by atoms with Gasteiger partial charge in [-0.3, -0.25) is 0 Å². The van der Waals surface area contributed by atoms with Crippen molar-refractivity contribution in [2.24, 2.45) is 0 Å². The lowest BCUT2D eigenvalue weighted by Crippen LogP contribution is -1.97. The van der Waals surface area contributed by atoms with Gasteiger partial charge in [0, 0.05) is 32.8 Å². The Morgan fingerprint density at radius 1 is 0.391 bits per heavy atom. The highest BCUT2D eigenvalue weighted by Gasteiger charge is 2.21. The van der Waals surface area contributed by atoms with Crippen LogP contribution in [0.4, 0.5) is 0 Å². The summed E-state index contributed by atoms with van der Waals surface area (Å²) < 4.78 is 8.74. The van der Waals surface area contributed by atoms with Gasteiger partial charge in [0.05, 0.1) is 11.0 Å². The molecule has 0 N–H and O–H groups in total. The van der Waals surface area contributed by atoms with E-state index in [2.05, 4.69) is 156 Å². The summed E-state index contributed by atoms with van der Waals surface area (Å²) in [5.74, 6) is 1.83. The van der Waals surface area contributed by atoms with E-state index in [-0.39, 0.29) is 0 Å². The topological polar surface area (TPSA) is 14.2 Å². The molecule has 1 aromatic heterocycles. The molecule has 0 radical (unpaired) electrons. The number of nitrogens with zero attached hydrogens (tertiary/aromatic N) is 1. The minimum absolute atomic E-state index is 0.914. The summed E-state index contributed by atoms with van der Waals surface area (Å²) in [5.41, 5.74) is 10.8. The molecule has 2 heteroatoms. The maximum Gasteiger partial charge on any atom is 0.135 e. The predicted molar refractivity (Wildman–Crippen MR) is 192 cm³/mol. The van der Waals surface area contributed by atoms with Crippen LogP contribution in [-0.4, -0.2) is 4.57 Å². The van der Waals surface area contributed by atoms with Gasteiger partial charge in [-0.25, -0.2) is 0 Å². The molecule has 0 fully saturated rings. The molecule has 0 saturated carbocycles. The first kappa shape index (κ1) is 25.2. The number of hydrogen-bond acceptors (Lipinski definition) is 1. The van der Waals surface area contributed by atoms with E-state index in [1.165, 1.54) is 76.9 Å². The lowest BCUT2D eigenvalue weighted by Gasteiger charge is -2.22. The molecule has 1 aliphatic rings. The van der Waals surface area contributed by atoms with Crippen molar-refractivity contribution < 1.29 is 4.74 Å². The molecule has 10 rings (SSSR count). The summed E-state index contributed by atoms with van der Waals surface area (Å²) in [7, 11) is 0. The molecule has 8 aromatic carbocycles. The van der Waals surface area contributed by atoms with Gasteiger partial charge >= 0.3 is 0 Å². The van der Waals surface area contributed by atoms with Crippen molar-refractivity contribution in [1.82, 2.24) is 4.57 Å². The Morgan fingerprint density at radius 3 is 2.02 bits per heavy atom. The Kier molecular flexibility index (Phi) is 5.31. The van der Waals surface area contributed by atoms with Gasteiger partial charge in [0.2, 0.25) is 0 Å². The third-order valence-electron chi connectivity index (χ3n) is 9.59. The second-order valence-corrected chi connectivity index (χ2v) is 12.1. The lowest BCUT2D eigenvalue weighted by molar-refractivity contribution is 0.487. The van der Waals surface area contributed by atoms with Crippen LogP contribution in [0.3, 0.4) is 0 Å². The highest BCUT2D eigenvalue weighted by Crippen LogP contribution is 2.48. The van der Waals surface area contributed by atoms with Gasteiger partial charge in [0.25, 0.3) is 0 Å². The van der Waals surface area contributed by atoms with E-state index in [1.807, 2.05) is 12.1 Å². The third kappa shape index (κ3) is 3.65. The van der Waals surface area contributed by atoms with Crippen LogP contribution in [0, 0.1) is 0 Å². The van der Waals surface area contributed by atoms with Crippen molar-refractivity contribution in [3.05, 3.63) is 164 Å². The Balaban J connectivity index is 1.08. The molecular formula is C44H27NO. The fraction of sp³-hybridized carbons (Fsp3) is 0. The summed E-state index contributed by atoms with van der Waals surface area (Å²) in [6, 6.07) is 59.0. The van der Waals surface area contributed by atoms with E-state index in [0.29, 0.717) is 0 Å². The van der Waals surface area contributed by atoms with Gasteiger partial charge in [-0.15, -0.1) is 0 Å².